The zero-order chi connectivity index (χ0) is 10.4. The molecule has 2 N–H and O–H groups in total. The zero-order valence-corrected chi connectivity index (χ0v) is 9.01. The summed E-state index contributed by atoms with van der Waals surface area (Å²) in [6, 6.07) is 0. The van der Waals surface area contributed by atoms with Crippen LogP contribution in [0.5, 0.6) is 0 Å². The Morgan fingerprint density at radius 1 is 1.64 bits per heavy atom. The summed E-state index contributed by atoms with van der Waals surface area (Å²) in [6.07, 6.45) is 0.724. The fraction of sp³-hybridized carbons (Fsp3) is 0.900. The summed E-state index contributed by atoms with van der Waals surface area (Å²) < 4.78 is 5.32. The van der Waals surface area contributed by atoms with E-state index in [4.69, 9.17) is 4.74 Å². The third kappa shape index (κ3) is 4.07. The van der Waals surface area contributed by atoms with Gasteiger partial charge in [-0.3, -0.25) is 4.79 Å². The number of amides is 1. The molecule has 0 aliphatic carbocycles. The second-order valence-corrected chi connectivity index (χ2v) is 4.04. The molecule has 82 valence electrons. The fourth-order valence-electron chi connectivity index (χ4n) is 1.33. The normalized spacial score (nSPS) is 22.4. The van der Waals surface area contributed by atoms with Gasteiger partial charge < -0.3 is 15.4 Å². The number of hydrogen-bond donors (Lipinski definition) is 2. The van der Waals surface area contributed by atoms with Crippen molar-refractivity contribution in [3.05, 3.63) is 0 Å². The molecule has 0 bridgehead atoms. The van der Waals surface area contributed by atoms with E-state index in [-0.39, 0.29) is 12.0 Å². The molecule has 1 rings (SSSR count). The minimum atomic E-state index is -0.295. The molecular weight excluding hydrogens is 180 g/mol. The van der Waals surface area contributed by atoms with Crippen molar-refractivity contribution >= 4 is 5.91 Å². The zero-order valence-electron chi connectivity index (χ0n) is 9.01. The van der Waals surface area contributed by atoms with E-state index in [0.29, 0.717) is 19.1 Å². The maximum absolute atomic E-state index is 11.5. The van der Waals surface area contributed by atoms with Crippen LogP contribution in [0.4, 0.5) is 0 Å². The summed E-state index contributed by atoms with van der Waals surface area (Å²) in [4.78, 5) is 11.5. The van der Waals surface area contributed by atoms with Crippen molar-refractivity contribution in [2.24, 2.45) is 5.92 Å². The maximum Gasteiger partial charge on any atom is 0.250 e. The van der Waals surface area contributed by atoms with Crippen LogP contribution in [0.2, 0.25) is 0 Å². The van der Waals surface area contributed by atoms with Gasteiger partial charge in [0.1, 0.15) is 6.10 Å². The highest BCUT2D eigenvalue weighted by molar-refractivity contribution is 5.81. The molecule has 0 spiro atoms. The number of carbonyl (C=O) groups excluding carboxylic acids is 1. The molecule has 1 aliphatic heterocycles. The standard InChI is InChI=1S/C10H20N2O2/c1-8(2)3-4-12-10(13)9-7-11-5-6-14-9/h8-9,11H,3-7H2,1-2H3,(H,12,13). The van der Waals surface area contributed by atoms with E-state index in [2.05, 4.69) is 24.5 Å². The van der Waals surface area contributed by atoms with E-state index in [1.165, 1.54) is 0 Å². The maximum atomic E-state index is 11.5. The van der Waals surface area contributed by atoms with Crippen LogP contribution in [0.25, 0.3) is 0 Å². The first-order valence-electron chi connectivity index (χ1n) is 5.30. The molecule has 1 fully saturated rings. The van der Waals surface area contributed by atoms with Crippen molar-refractivity contribution in [1.29, 1.82) is 0 Å². The van der Waals surface area contributed by atoms with Crippen molar-refractivity contribution in [3.8, 4) is 0 Å². The Labute approximate surface area is 85.4 Å². The summed E-state index contributed by atoms with van der Waals surface area (Å²) >= 11 is 0. The first-order valence-corrected chi connectivity index (χ1v) is 5.30. The minimum Gasteiger partial charge on any atom is -0.366 e. The van der Waals surface area contributed by atoms with Gasteiger partial charge in [0, 0.05) is 19.6 Å². The molecule has 0 radical (unpaired) electrons. The Bertz CT molecular complexity index is 177. The lowest BCUT2D eigenvalue weighted by molar-refractivity contribution is -0.134. The second kappa shape index (κ2) is 5.98. The van der Waals surface area contributed by atoms with Crippen molar-refractivity contribution < 1.29 is 9.53 Å². The van der Waals surface area contributed by atoms with E-state index in [0.717, 1.165) is 19.5 Å². The molecule has 0 saturated carbocycles. The molecule has 1 aliphatic rings. The molecule has 1 saturated heterocycles. The molecule has 1 unspecified atom stereocenters. The Morgan fingerprint density at radius 3 is 3.00 bits per heavy atom. The highest BCUT2D eigenvalue weighted by Crippen LogP contribution is 1.99. The van der Waals surface area contributed by atoms with E-state index in [1.54, 1.807) is 0 Å². The summed E-state index contributed by atoms with van der Waals surface area (Å²) in [5.41, 5.74) is 0. The summed E-state index contributed by atoms with van der Waals surface area (Å²) in [5.74, 6) is 0.638. The highest BCUT2D eigenvalue weighted by atomic mass is 16.5. The monoisotopic (exact) mass is 200 g/mol. The van der Waals surface area contributed by atoms with E-state index >= 15 is 0 Å². The number of ether oxygens (including phenoxy) is 1. The van der Waals surface area contributed by atoms with Crippen LogP contribution in [0.15, 0.2) is 0 Å². The quantitative estimate of drug-likeness (QED) is 0.678. The smallest absolute Gasteiger partial charge is 0.250 e. The van der Waals surface area contributed by atoms with Crippen LogP contribution in [-0.4, -0.2) is 38.3 Å². The topological polar surface area (TPSA) is 50.4 Å². The van der Waals surface area contributed by atoms with E-state index < -0.39 is 0 Å². The van der Waals surface area contributed by atoms with Crippen molar-refractivity contribution in [3.63, 3.8) is 0 Å². The summed E-state index contributed by atoms with van der Waals surface area (Å²) in [7, 11) is 0. The van der Waals surface area contributed by atoms with Crippen LogP contribution in [0.1, 0.15) is 20.3 Å². The largest absolute Gasteiger partial charge is 0.366 e. The molecule has 4 nitrogen and oxygen atoms in total. The van der Waals surface area contributed by atoms with Gasteiger partial charge in [0.25, 0.3) is 0 Å². The molecule has 1 amide bonds. The van der Waals surface area contributed by atoms with Crippen LogP contribution >= 0.6 is 0 Å². The van der Waals surface area contributed by atoms with Crippen molar-refractivity contribution in [2.45, 2.75) is 26.4 Å². The Kier molecular flexibility index (Phi) is 4.90. The molecule has 4 heteroatoms. The Balaban J connectivity index is 2.13. The number of morpholine rings is 1. The molecule has 0 aromatic heterocycles. The SMILES string of the molecule is CC(C)CCNC(=O)C1CNCCO1. The van der Waals surface area contributed by atoms with Crippen LogP contribution in [-0.2, 0) is 9.53 Å². The minimum absolute atomic E-state index is 0.0119. The Hall–Kier alpha value is -0.610. The van der Waals surface area contributed by atoms with Gasteiger partial charge in [0.05, 0.1) is 6.61 Å². The number of carbonyl (C=O) groups is 1. The van der Waals surface area contributed by atoms with Gasteiger partial charge in [-0.2, -0.15) is 0 Å². The van der Waals surface area contributed by atoms with Crippen molar-refractivity contribution in [2.75, 3.05) is 26.2 Å². The first-order chi connectivity index (χ1) is 6.70. The van der Waals surface area contributed by atoms with E-state index in [1.807, 2.05) is 0 Å². The third-order valence-corrected chi connectivity index (χ3v) is 2.24. The third-order valence-electron chi connectivity index (χ3n) is 2.24. The molecule has 0 aromatic carbocycles. The number of hydrogen-bond acceptors (Lipinski definition) is 3. The van der Waals surface area contributed by atoms with Crippen LogP contribution < -0.4 is 10.6 Å². The van der Waals surface area contributed by atoms with Gasteiger partial charge in [0.2, 0.25) is 5.91 Å². The summed E-state index contributed by atoms with van der Waals surface area (Å²) in [6.45, 7) is 7.14. The predicted molar refractivity (Wildman–Crippen MR) is 55.1 cm³/mol. The average Bonchev–Trinajstić information content (AvgIpc) is 2.18. The fourth-order valence-corrected chi connectivity index (χ4v) is 1.33. The van der Waals surface area contributed by atoms with Gasteiger partial charge in [-0.05, 0) is 12.3 Å². The Morgan fingerprint density at radius 2 is 2.43 bits per heavy atom. The lowest BCUT2D eigenvalue weighted by Crippen LogP contribution is -2.48. The second-order valence-electron chi connectivity index (χ2n) is 4.04. The summed E-state index contributed by atoms with van der Waals surface area (Å²) in [5, 5.41) is 6.01. The lowest BCUT2D eigenvalue weighted by atomic mass is 10.1. The molecular formula is C10H20N2O2. The van der Waals surface area contributed by atoms with Crippen molar-refractivity contribution in [1.82, 2.24) is 10.6 Å². The first kappa shape index (κ1) is 11.5. The van der Waals surface area contributed by atoms with Crippen LogP contribution in [0.3, 0.4) is 0 Å². The van der Waals surface area contributed by atoms with Gasteiger partial charge in [-0.15, -0.1) is 0 Å². The molecule has 14 heavy (non-hydrogen) atoms. The number of nitrogens with one attached hydrogen (secondary N) is 2. The highest BCUT2D eigenvalue weighted by Gasteiger charge is 2.20. The van der Waals surface area contributed by atoms with E-state index in [9.17, 15) is 4.79 Å². The van der Waals surface area contributed by atoms with Gasteiger partial charge in [-0.1, -0.05) is 13.8 Å². The van der Waals surface area contributed by atoms with Gasteiger partial charge in [-0.25, -0.2) is 0 Å². The van der Waals surface area contributed by atoms with Crippen LogP contribution in [0, 0.1) is 5.92 Å². The molecule has 1 heterocycles. The number of rotatable bonds is 4. The average molecular weight is 200 g/mol. The lowest BCUT2D eigenvalue weighted by Gasteiger charge is -2.22. The van der Waals surface area contributed by atoms with Gasteiger partial charge in [0.15, 0.2) is 0 Å². The molecule has 0 aromatic rings. The predicted octanol–water partition coefficient (Wildman–Crippen LogP) is 0.137. The molecule has 1 atom stereocenters. The van der Waals surface area contributed by atoms with Gasteiger partial charge >= 0.3 is 0 Å².